The van der Waals surface area contributed by atoms with Gasteiger partial charge in [-0.25, -0.2) is 0 Å². The van der Waals surface area contributed by atoms with Crippen molar-refractivity contribution in [2.75, 3.05) is 23.4 Å². The third-order valence-electron chi connectivity index (χ3n) is 2.21. The molecule has 0 saturated carbocycles. The zero-order valence-electron chi connectivity index (χ0n) is 9.54. The second-order valence-electron chi connectivity index (χ2n) is 3.61. The van der Waals surface area contributed by atoms with E-state index in [9.17, 15) is 0 Å². The van der Waals surface area contributed by atoms with Crippen LogP contribution in [0, 0.1) is 0 Å². The van der Waals surface area contributed by atoms with Gasteiger partial charge in [0.25, 0.3) is 0 Å². The van der Waals surface area contributed by atoms with Gasteiger partial charge in [0.1, 0.15) is 0 Å². The fourth-order valence-electron chi connectivity index (χ4n) is 1.31. The van der Waals surface area contributed by atoms with E-state index in [1.54, 1.807) is 0 Å². The number of rotatable bonds is 8. The molecule has 0 heterocycles. The van der Waals surface area contributed by atoms with Crippen molar-refractivity contribution < 1.29 is 0 Å². The summed E-state index contributed by atoms with van der Waals surface area (Å²) in [5, 5.41) is 3.42. The summed E-state index contributed by atoms with van der Waals surface area (Å²) in [5.74, 6) is 2.60. The zero-order chi connectivity index (χ0) is 10.8. The number of hydrogen-bond acceptors (Lipinski definition) is 2. The molecule has 0 radical (unpaired) electrons. The molecule has 0 bridgehead atoms. The Labute approximate surface area is 97.7 Å². The van der Waals surface area contributed by atoms with Crippen LogP contribution in [0.4, 0.5) is 5.69 Å². The van der Waals surface area contributed by atoms with Gasteiger partial charge in [-0.3, -0.25) is 0 Å². The molecule has 1 rings (SSSR count). The maximum absolute atomic E-state index is 3.42. The molecule has 84 valence electrons. The van der Waals surface area contributed by atoms with E-state index in [1.165, 1.54) is 36.5 Å². The van der Waals surface area contributed by atoms with Crippen molar-refractivity contribution in [1.82, 2.24) is 0 Å². The van der Waals surface area contributed by atoms with E-state index < -0.39 is 0 Å². The molecule has 0 amide bonds. The molecule has 15 heavy (non-hydrogen) atoms. The van der Waals surface area contributed by atoms with Gasteiger partial charge in [0.05, 0.1) is 0 Å². The molecule has 0 fully saturated rings. The highest BCUT2D eigenvalue weighted by atomic mass is 32.2. The van der Waals surface area contributed by atoms with Gasteiger partial charge in [-0.1, -0.05) is 31.5 Å². The Kier molecular flexibility index (Phi) is 7.18. The van der Waals surface area contributed by atoms with Gasteiger partial charge in [-0.2, -0.15) is 11.8 Å². The van der Waals surface area contributed by atoms with Crippen LogP contribution in [0.1, 0.15) is 26.2 Å². The highest BCUT2D eigenvalue weighted by Gasteiger charge is 1.91. The van der Waals surface area contributed by atoms with E-state index in [0.29, 0.717) is 0 Å². The van der Waals surface area contributed by atoms with Crippen molar-refractivity contribution in [2.45, 2.75) is 26.2 Å². The molecular formula is C13H21NS. The number of benzene rings is 1. The maximum atomic E-state index is 3.42. The number of para-hydroxylation sites is 1. The van der Waals surface area contributed by atoms with Gasteiger partial charge >= 0.3 is 0 Å². The molecular weight excluding hydrogens is 202 g/mol. The monoisotopic (exact) mass is 223 g/mol. The average Bonchev–Trinajstić information content (AvgIpc) is 2.29. The fraction of sp³-hybridized carbons (Fsp3) is 0.538. The molecule has 0 atom stereocenters. The first-order chi connectivity index (χ1) is 7.43. The van der Waals surface area contributed by atoms with Crippen LogP contribution in [0.5, 0.6) is 0 Å². The molecule has 2 heteroatoms. The summed E-state index contributed by atoms with van der Waals surface area (Å²) in [5.41, 5.74) is 1.23. The molecule has 0 aliphatic rings. The molecule has 0 aromatic heterocycles. The van der Waals surface area contributed by atoms with E-state index in [1.807, 2.05) is 6.07 Å². The van der Waals surface area contributed by atoms with Crippen LogP contribution in [0.3, 0.4) is 0 Å². The van der Waals surface area contributed by atoms with E-state index in [2.05, 4.69) is 48.3 Å². The van der Waals surface area contributed by atoms with Crippen LogP contribution in [-0.2, 0) is 0 Å². The molecule has 1 nitrogen and oxygen atoms in total. The molecule has 0 spiro atoms. The minimum absolute atomic E-state index is 1.09. The van der Waals surface area contributed by atoms with Gasteiger partial charge in [0.2, 0.25) is 0 Å². The van der Waals surface area contributed by atoms with Gasteiger partial charge < -0.3 is 5.32 Å². The number of nitrogens with one attached hydrogen (secondary N) is 1. The molecule has 0 unspecified atom stereocenters. The summed E-state index contributed by atoms with van der Waals surface area (Å²) in [6, 6.07) is 10.4. The second kappa shape index (κ2) is 8.66. The Bertz CT molecular complexity index is 236. The van der Waals surface area contributed by atoms with E-state index >= 15 is 0 Å². The highest BCUT2D eigenvalue weighted by Crippen LogP contribution is 2.08. The smallest absolute Gasteiger partial charge is 0.0340 e. The lowest BCUT2D eigenvalue weighted by atomic mass is 10.3. The summed E-state index contributed by atoms with van der Waals surface area (Å²) in [4.78, 5) is 0. The Morgan fingerprint density at radius 3 is 2.53 bits per heavy atom. The molecule has 0 aliphatic carbocycles. The number of thioether (sulfide) groups is 1. The van der Waals surface area contributed by atoms with Crippen molar-refractivity contribution in [3.05, 3.63) is 30.3 Å². The van der Waals surface area contributed by atoms with Crippen molar-refractivity contribution in [1.29, 1.82) is 0 Å². The van der Waals surface area contributed by atoms with Crippen LogP contribution in [-0.4, -0.2) is 18.1 Å². The van der Waals surface area contributed by atoms with E-state index in [-0.39, 0.29) is 0 Å². The topological polar surface area (TPSA) is 12.0 Å². The SMILES string of the molecule is CCCCSCCCNc1ccccc1. The summed E-state index contributed by atoms with van der Waals surface area (Å²) < 4.78 is 0. The van der Waals surface area contributed by atoms with Crippen LogP contribution in [0.15, 0.2) is 30.3 Å². The summed E-state index contributed by atoms with van der Waals surface area (Å²) in [6.45, 7) is 3.33. The summed E-state index contributed by atoms with van der Waals surface area (Å²) in [7, 11) is 0. The fourth-order valence-corrected chi connectivity index (χ4v) is 2.36. The molecule has 0 aliphatic heterocycles. The normalized spacial score (nSPS) is 10.2. The first-order valence-corrected chi connectivity index (χ1v) is 6.95. The Morgan fingerprint density at radius 2 is 1.80 bits per heavy atom. The Morgan fingerprint density at radius 1 is 1.07 bits per heavy atom. The van der Waals surface area contributed by atoms with Crippen molar-refractivity contribution in [3.8, 4) is 0 Å². The number of hydrogen-bond donors (Lipinski definition) is 1. The third kappa shape index (κ3) is 6.45. The van der Waals surface area contributed by atoms with Crippen molar-refractivity contribution in [2.24, 2.45) is 0 Å². The molecule has 1 aromatic carbocycles. The largest absolute Gasteiger partial charge is 0.385 e. The van der Waals surface area contributed by atoms with E-state index in [4.69, 9.17) is 0 Å². The van der Waals surface area contributed by atoms with Gasteiger partial charge in [-0.15, -0.1) is 0 Å². The Hall–Kier alpha value is -0.630. The summed E-state index contributed by atoms with van der Waals surface area (Å²) >= 11 is 2.07. The highest BCUT2D eigenvalue weighted by molar-refractivity contribution is 7.99. The number of unbranched alkanes of at least 4 members (excludes halogenated alkanes) is 1. The van der Waals surface area contributed by atoms with Gasteiger partial charge in [0, 0.05) is 12.2 Å². The quantitative estimate of drug-likeness (QED) is 0.668. The van der Waals surface area contributed by atoms with Gasteiger partial charge in [0.15, 0.2) is 0 Å². The lowest BCUT2D eigenvalue weighted by molar-refractivity contribution is 0.893. The predicted molar refractivity (Wildman–Crippen MR) is 71.8 cm³/mol. The van der Waals surface area contributed by atoms with Crippen LogP contribution in [0.25, 0.3) is 0 Å². The average molecular weight is 223 g/mol. The molecule has 1 aromatic rings. The minimum atomic E-state index is 1.09. The first-order valence-electron chi connectivity index (χ1n) is 5.80. The maximum Gasteiger partial charge on any atom is 0.0340 e. The number of anilines is 1. The minimum Gasteiger partial charge on any atom is -0.385 e. The van der Waals surface area contributed by atoms with Crippen LogP contribution >= 0.6 is 11.8 Å². The standard InChI is InChI=1S/C13H21NS/c1-2-3-11-15-12-7-10-14-13-8-5-4-6-9-13/h4-6,8-9,14H,2-3,7,10-12H2,1H3. The lowest BCUT2D eigenvalue weighted by Gasteiger charge is -2.05. The van der Waals surface area contributed by atoms with Crippen LogP contribution in [0.2, 0.25) is 0 Å². The molecule has 0 saturated heterocycles. The van der Waals surface area contributed by atoms with Crippen molar-refractivity contribution >= 4 is 17.4 Å². The zero-order valence-corrected chi connectivity index (χ0v) is 10.4. The lowest BCUT2D eigenvalue weighted by Crippen LogP contribution is -2.02. The van der Waals surface area contributed by atoms with E-state index in [0.717, 1.165) is 6.54 Å². The Balaban J connectivity index is 1.93. The first kappa shape index (κ1) is 12.4. The van der Waals surface area contributed by atoms with Crippen molar-refractivity contribution in [3.63, 3.8) is 0 Å². The summed E-state index contributed by atoms with van der Waals surface area (Å²) in [6.07, 6.45) is 3.93. The predicted octanol–water partition coefficient (Wildman–Crippen LogP) is 4.02. The second-order valence-corrected chi connectivity index (χ2v) is 4.84. The van der Waals surface area contributed by atoms with Gasteiger partial charge in [-0.05, 0) is 36.5 Å². The third-order valence-corrected chi connectivity index (χ3v) is 3.37. The van der Waals surface area contributed by atoms with Crippen LogP contribution < -0.4 is 5.32 Å². The molecule has 1 N–H and O–H groups in total.